The highest BCUT2D eigenvalue weighted by Crippen LogP contribution is 2.10. The second-order valence-electron chi connectivity index (χ2n) is 3.16. The largest absolute Gasteiger partial charge is 0.478 e. The maximum absolute atomic E-state index is 11.1. The molecular weight excluding hydrogens is 182 g/mol. The van der Waals surface area contributed by atoms with E-state index in [1.165, 1.54) is 0 Å². The van der Waals surface area contributed by atoms with Crippen molar-refractivity contribution in [3.8, 4) is 0 Å². The van der Waals surface area contributed by atoms with Crippen LogP contribution in [0.3, 0.4) is 0 Å². The van der Waals surface area contributed by atoms with Gasteiger partial charge in [0, 0.05) is 18.2 Å². The van der Waals surface area contributed by atoms with Gasteiger partial charge in [0.2, 0.25) is 5.91 Å². The van der Waals surface area contributed by atoms with Gasteiger partial charge in [0.15, 0.2) is 0 Å². The molecule has 1 amide bonds. The molecule has 0 radical (unpaired) electrons. The zero-order valence-corrected chi connectivity index (χ0v) is 7.77. The summed E-state index contributed by atoms with van der Waals surface area (Å²) in [7, 11) is 0. The number of carboxylic acids is 1. The zero-order valence-electron chi connectivity index (χ0n) is 7.77. The number of hydrogen-bond acceptors (Lipinski definition) is 2. The van der Waals surface area contributed by atoms with Gasteiger partial charge in [-0.2, -0.15) is 0 Å². The monoisotopic (exact) mass is 195 g/mol. The maximum Gasteiger partial charge on any atom is 0.328 e. The van der Waals surface area contributed by atoms with Crippen LogP contribution in [0.5, 0.6) is 0 Å². The minimum atomic E-state index is -1.11. The lowest BCUT2D eigenvalue weighted by Gasteiger charge is -2.17. The molecule has 1 aliphatic rings. The number of allylic oxidation sites excluding steroid dienone is 1. The fourth-order valence-corrected chi connectivity index (χ4v) is 1.32. The van der Waals surface area contributed by atoms with Crippen LogP contribution >= 0.6 is 0 Å². The van der Waals surface area contributed by atoms with E-state index < -0.39 is 5.97 Å². The molecule has 1 unspecified atom stereocenters. The summed E-state index contributed by atoms with van der Waals surface area (Å²) in [5, 5.41) is 11.0. The van der Waals surface area contributed by atoms with Gasteiger partial charge in [-0.1, -0.05) is 12.2 Å². The third-order valence-electron chi connectivity index (χ3n) is 1.99. The Morgan fingerprint density at radius 3 is 2.71 bits per heavy atom. The first kappa shape index (κ1) is 10.5. The lowest BCUT2D eigenvalue weighted by Crippen LogP contribution is -2.34. The second-order valence-corrected chi connectivity index (χ2v) is 3.16. The van der Waals surface area contributed by atoms with Gasteiger partial charge in [0.05, 0.1) is 0 Å². The normalized spacial score (nSPS) is 21.0. The molecule has 0 aromatic carbocycles. The number of carbonyl (C=O) groups excluding carboxylic acids is 1. The quantitative estimate of drug-likeness (QED) is 0.518. The number of rotatable bonds is 3. The van der Waals surface area contributed by atoms with Gasteiger partial charge in [-0.05, 0) is 19.3 Å². The molecule has 0 spiro atoms. The van der Waals surface area contributed by atoms with Crippen LogP contribution in [0.1, 0.15) is 19.3 Å². The van der Waals surface area contributed by atoms with E-state index in [4.69, 9.17) is 5.11 Å². The molecule has 0 saturated carbocycles. The van der Waals surface area contributed by atoms with Crippen LogP contribution in [0.4, 0.5) is 0 Å². The van der Waals surface area contributed by atoms with Crippen molar-refractivity contribution in [2.45, 2.75) is 25.3 Å². The first-order valence-electron chi connectivity index (χ1n) is 4.55. The van der Waals surface area contributed by atoms with E-state index in [1.807, 2.05) is 6.08 Å². The van der Waals surface area contributed by atoms with Crippen LogP contribution < -0.4 is 5.32 Å². The van der Waals surface area contributed by atoms with Gasteiger partial charge >= 0.3 is 5.97 Å². The van der Waals surface area contributed by atoms with Crippen molar-refractivity contribution in [3.05, 3.63) is 24.3 Å². The Morgan fingerprint density at radius 2 is 2.14 bits per heavy atom. The van der Waals surface area contributed by atoms with Crippen LogP contribution in [0.25, 0.3) is 0 Å². The van der Waals surface area contributed by atoms with Crippen molar-refractivity contribution in [2.75, 3.05) is 0 Å². The van der Waals surface area contributed by atoms with E-state index in [9.17, 15) is 9.59 Å². The number of nitrogens with one attached hydrogen (secondary N) is 1. The summed E-state index contributed by atoms with van der Waals surface area (Å²) in [6.45, 7) is 0. The highest BCUT2D eigenvalue weighted by Gasteiger charge is 2.10. The van der Waals surface area contributed by atoms with Crippen LogP contribution in [-0.2, 0) is 9.59 Å². The van der Waals surface area contributed by atoms with Gasteiger partial charge in [-0.3, -0.25) is 4.79 Å². The Morgan fingerprint density at radius 1 is 1.36 bits per heavy atom. The number of carboxylic acid groups (broad SMARTS) is 1. The predicted molar refractivity (Wildman–Crippen MR) is 51.7 cm³/mol. The summed E-state index contributed by atoms with van der Waals surface area (Å²) < 4.78 is 0. The second kappa shape index (κ2) is 5.21. The average molecular weight is 195 g/mol. The van der Waals surface area contributed by atoms with E-state index in [1.54, 1.807) is 0 Å². The number of hydrogen-bond donors (Lipinski definition) is 2. The summed E-state index contributed by atoms with van der Waals surface area (Å²) in [5.74, 6) is -1.45. The number of carbonyl (C=O) groups is 2. The summed E-state index contributed by atoms with van der Waals surface area (Å²) in [6.07, 6.45) is 8.70. The predicted octanol–water partition coefficient (Wildman–Crippen LogP) is 0.852. The summed E-state index contributed by atoms with van der Waals surface area (Å²) in [5.41, 5.74) is 0. The SMILES string of the molecule is O=C(O)/C=C\C(=O)NC1CC=CCC1. The van der Waals surface area contributed by atoms with Crippen LogP contribution in [0.2, 0.25) is 0 Å². The Bertz CT molecular complexity index is 281. The maximum atomic E-state index is 11.1. The highest BCUT2D eigenvalue weighted by molar-refractivity contribution is 5.93. The van der Waals surface area contributed by atoms with Gasteiger partial charge < -0.3 is 10.4 Å². The number of amides is 1. The lowest BCUT2D eigenvalue weighted by molar-refractivity contribution is -0.131. The van der Waals surface area contributed by atoms with E-state index in [0.717, 1.165) is 31.4 Å². The van der Waals surface area contributed by atoms with Crippen LogP contribution in [-0.4, -0.2) is 23.0 Å². The first-order valence-corrected chi connectivity index (χ1v) is 4.55. The van der Waals surface area contributed by atoms with Gasteiger partial charge in [0.25, 0.3) is 0 Å². The van der Waals surface area contributed by atoms with E-state index in [0.29, 0.717) is 0 Å². The van der Waals surface area contributed by atoms with Crippen molar-refractivity contribution in [2.24, 2.45) is 0 Å². The van der Waals surface area contributed by atoms with E-state index in [2.05, 4.69) is 11.4 Å². The molecule has 1 atom stereocenters. The molecule has 1 rings (SSSR count). The van der Waals surface area contributed by atoms with Gasteiger partial charge in [-0.25, -0.2) is 4.79 Å². The molecule has 0 heterocycles. The van der Waals surface area contributed by atoms with Gasteiger partial charge in [0.1, 0.15) is 0 Å². The molecule has 4 nitrogen and oxygen atoms in total. The minimum absolute atomic E-state index is 0.144. The lowest BCUT2D eigenvalue weighted by atomic mass is 10.0. The number of aliphatic carboxylic acids is 1. The first-order chi connectivity index (χ1) is 6.68. The summed E-state index contributed by atoms with van der Waals surface area (Å²) in [6, 6.07) is 0.144. The standard InChI is InChI=1S/C10H13NO3/c12-9(6-7-10(13)14)11-8-4-2-1-3-5-8/h1-2,6-8H,3-5H2,(H,11,12)(H,13,14)/b7-6-. The molecule has 0 bridgehead atoms. The van der Waals surface area contributed by atoms with Crippen LogP contribution in [0.15, 0.2) is 24.3 Å². The van der Waals surface area contributed by atoms with Crippen molar-refractivity contribution >= 4 is 11.9 Å². The van der Waals surface area contributed by atoms with E-state index >= 15 is 0 Å². The van der Waals surface area contributed by atoms with Crippen molar-refractivity contribution in [1.82, 2.24) is 5.32 Å². The molecule has 0 aliphatic heterocycles. The molecule has 0 fully saturated rings. The molecule has 4 heteroatoms. The minimum Gasteiger partial charge on any atom is -0.478 e. The smallest absolute Gasteiger partial charge is 0.328 e. The van der Waals surface area contributed by atoms with Gasteiger partial charge in [-0.15, -0.1) is 0 Å². The fraction of sp³-hybridized carbons (Fsp3) is 0.400. The van der Waals surface area contributed by atoms with Crippen LogP contribution in [0, 0.1) is 0 Å². The Hall–Kier alpha value is -1.58. The van der Waals surface area contributed by atoms with E-state index in [-0.39, 0.29) is 11.9 Å². The Labute approximate surface area is 82.3 Å². The molecule has 14 heavy (non-hydrogen) atoms. The zero-order chi connectivity index (χ0) is 10.4. The molecular formula is C10H13NO3. The Balaban J connectivity index is 2.33. The topological polar surface area (TPSA) is 66.4 Å². The third kappa shape index (κ3) is 3.89. The average Bonchev–Trinajstić information content (AvgIpc) is 2.16. The molecule has 0 aromatic rings. The molecule has 0 aromatic heterocycles. The summed E-state index contributed by atoms with van der Waals surface area (Å²) in [4.78, 5) is 21.2. The fourth-order valence-electron chi connectivity index (χ4n) is 1.32. The molecule has 0 saturated heterocycles. The highest BCUT2D eigenvalue weighted by atomic mass is 16.4. The molecule has 76 valence electrons. The summed E-state index contributed by atoms with van der Waals surface area (Å²) >= 11 is 0. The van der Waals surface area contributed by atoms with Crippen molar-refractivity contribution in [3.63, 3.8) is 0 Å². The third-order valence-corrected chi connectivity index (χ3v) is 1.99. The molecule has 1 aliphatic carbocycles. The molecule has 2 N–H and O–H groups in total. The van der Waals surface area contributed by atoms with Crippen molar-refractivity contribution in [1.29, 1.82) is 0 Å². The Kier molecular flexibility index (Phi) is 3.91. The van der Waals surface area contributed by atoms with Crippen molar-refractivity contribution < 1.29 is 14.7 Å².